The van der Waals surface area contributed by atoms with Crippen LogP contribution in [0.15, 0.2) is 41.3 Å². The number of carbonyl (C=O) groups is 2. The molecule has 4 unspecified atom stereocenters. The van der Waals surface area contributed by atoms with Crippen molar-refractivity contribution in [2.45, 2.75) is 53.6 Å². The summed E-state index contributed by atoms with van der Waals surface area (Å²) in [6, 6.07) is 6.47. The van der Waals surface area contributed by atoms with Crippen LogP contribution in [0.4, 0.5) is 19.3 Å². The Morgan fingerprint density at radius 3 is 2.41 bits per heavy atom. The SMILES string of the molecule is O=C(Nc1ccc(F)c(F)c1)c1ccc(Cl)c(S(=O)(=O)[C@H]2CC3CCC(C2)[C@]3(O)C(O)C(O)CN2CCOC2=O)c1. The van der Waals surface area contributed by atoms with Crippen molar-refractivity contribution >= 4 is 39.1 Å². The molecule has 14 heteroatoms. The molecule has 0 spiro atoms. The first-order chi connectivity index (χ1) is 19.3. The maximum Gasteiger partial charge on any atom is 0.410 e. The van der Waals surface area contributed by atoms with Gasteiger partial charge in [-0.3, -0.25) is 4.79 Å². The molecule has 10 nitrogen and oxygen atoms in total. The summed E-state index contributed by atoms with van der Waals surface area (Å²) in [4.78, 5) is 25.5. The average molecular weight is 615 g/mol. The maximum absolute atomic E-state index is 13.8. The number of aliphatic hydroxyl groups excluding tert-OH is 2. The summed E-state index contributed by atoms with van der Waals surface area (Å²) in [5.41, 5.74) is -1.86. The number of amides is 2. The molecule has 2 aromatic rings. The van der Waals surface area contributed by atoms with Crippen molar-refractivity contribution in [2.75, 3.05) is 25.0 Å². The Hall–Kier alpha value is -2.84. The van der Waals surface area contributed by atoms with Crippen molar-refractivity contribution < 1.29 is 46.8 Å². The monoisotopic (exact) mass is 614 g/mol. The van der Waals surface area contributed by atoms with E-state index >= 15 is 0 Å². The number of halogens is 3. The molecule has 1 saturated heterocycles. The number of β-amino-alcohol motifs (C(OH)–C–C–N with tert-alkyl or cyclic N) is 1. The number of nitrogens with zero attached hydrogens (tertiary/aromatic N) is 1. The molecule has 2 bridgehead atoms. The summed E-state index contributed by atoms with van der Waals surface area (Å²) in [6.07, 6.45) is -2.91. The average Bonchev–Trinajstić information content (AvgIpc) is 3.37. The molecule has 1 heterocycles. The van der Waals surface area contributed by atoms with Gasteiger partial charge in [-0.15, -0.1) is 0 Å². The lowest BCUT2D eigenvalue weighted by Crippen LogP contribution is -2.60. The molecular formula is C27H29ClF2N2O8S. The summed E-state index contributed by atoms with van der Waals surface area (Å²) in [7, 11) is -4.13. The van der Waals surface area contributed by atoms with Crippen LogP contribution in [-0.4, -0.2) is 83.4 Å². The number of fused-ring (bicyclic) bond motifs is 2. The molecule has 3 fully saturated rings. The molecule has 0 aromatic heterocycles. The number of hydrogen-bond donors (Lipinski definition) is 4. The van der Waals surface area contributed by atoms with Gasteiger partial charge in [0, 0.05) is 17.3 Å². The molecule has 5 rings (SSSR count). The number of ether oxygens (including phenoxy) is 1. The Labute approximate surface area is 239 Å². The zero-order chi connectivity index (χ0) is 29.7. The van der Waals surface area contributed by atoms with Crippen molar-refractivity contribution in [3.8, 4) is 0 Å². The number of rotatable bonds is 8. The predicted molar refractivity (Wildman–Crippen MR) is 142 cm³/mol. The number of sulfone groups is 1. The smallest absolute Gasteiger partial charge is 0.410 e. The van der Waals surface area contributed by atoms with E-state index in [1.807, 2.05) is 0 Å². The molecule has 4 atom stereocenters. The van der Waals surface area contributed by atoms with Crippen molar-refractivity contribution in [1.82, 2.24) is 4.90 Å². The maximum atomic E-state index is 13.8. The van der Waals surface area contributed by atoms with E-state index in [1.54, 1.807) is 0 Å². The lowest BCUT2D eigenvalue weighted by atomic mass is 9.70. The van der Waals surface area contributed by atoms with Gasteiger partial charge in [-0.2, -0.15) is 0 Å². The minimum atomic E-state index is -4.13. The van der Waals surface area contributed by atoms with Crippen LogP contribution < -0.4 is 5.32 Å². The highest BCUT2D eigenvalue weighted by molar-refractivity contribution is 7.92. The van der Waals surface area contributed by atoms with Gasteiger partial charge in [0.15, 0.2) is 21.5 Å². The fraction of sp³-hybridized carbons (Fsp3) is 0.481. The fourth-order valence-electron chi connectivity index (χ4n) is 6.32. The second kappa shape index (κ2) is 11.1. The number of benzene rings is 2. The lowest BCUT2D eigenvalue weighted by molar-refractivity contribution is -0.177. The van der Waals surface area contributed by atoms with Gasteiger partial charge in [0.2, 0.25) is 0 Å². The summed E-state index contributed by atoms with van der Waals surface area (Å²) in [5, 5.41) is 34.5. The third-order valence-corrected chi connectivity index (χ3v) is 11.1. The highest BCUT2D eigenvalue weighted by Gasteiger charge is 2.60. The molecule has 2 aliphatic carbocycles. The minimum absolute atomic E-state index is 0.0214. The number of aliphatic hydroxyl groups is 3. The molecule has 222 valence electrons. The first-order valence-electron chi connectivity index (χ1n) is 13.1. The minimum Gasteiger partial charge on any atom is -0.448 e. The number of cyclic esters (lactones) is 1. The summed E-state index contributed by atoms with van der Waals surface area (Å²) >= 11 is 6.27. The molecule has 2 aromatic carbocycles. The highest BCUT2D eigenvalue weighted by Crippen LogP contribution is 2.54. The topological polar surface area (TPSA) is 153 Å². The zero-order valence-corrected chi connectivity index (χ0v) is 23.2. The number of carbonyl (C=O) groups excluding carboxylic acids is 2. The van der Waals surface area contributed by atoms with Gasteiger partial charge < -0.3 is 30.3 Å². The second-order valence-corrected chi connectivity index (χ2v) is 13.4. The van der Waals surface area contributed by atoms with Gasteiger partial charge >= 0.3 is 6.09 Å². The van der Waals surface area contributed by atoms with Crippen molar-refractivity contribution in [1.29, 1.82) is 0 Å². The van der Waals surface area contributed by atoms with Gasteiger partial charge in [-0.25, -0.2) is 22.0 Å². The van der Waals surface area contributed by atoms with Crippen LogP contribution in [0.5, 0.6) is 0 Å². The zero-order valence-electron chi connectivity index (χ0n) is 21.7. The quantitative estimate of drug-likeness (QED) is 0.354. The van der Waals surface area contributed by atoms with E-state index in [-0.39, 0.29) is 53.7 Å². The molecule has 1 aliphatic heterocycles. The summed E-state index contributed by atoms with van der Waals surface area (Å²) in [6.45, 7) is 0.165. The first kappa shape index (κ1) is 29.6. The number of nitrogens with one attached hydrogen (secondary N) is 1. The Kier molecular flexibility index (Phi) is 8.03. The Morgan fingerprint density at radius 1 is 1.12 bits per heavy atom. The van der Waals surface area contributed by atoms with E-state index < -0.39 is 68.4 Å². The molecule has 2 amide bonds. The number of hydrogen-bond acceptors (Lipinski definition) is 8. The Morgan fingerprint density at radius 2 is 1.80 bits per heavy atom. The van der Waals surface area contributed by atoms with Gasteiger partial charge in [0.05, 0.1) is 33.9 Å². The van der Waals surface area contributed by atoms with Gasteiger partial charge in [-0.05, 0) is 67.9 Å². The van der Waals surface area contributed by atoms with E-state index in [9.17, 15) is 42.1 Å². The lowest BCUT2D eigenvalue weighted by Gasteiger charge is -2.46. The van der Waals surface area contributed by atoms with Crippen LogP contribution in [-0.2, 0) is 14.6 Å². The van der Waals surface area contributed by atoms with Gasteiger partial charge in [0.25, 0.3) is 5.91 Å². The van der Waals surface area contributed by atoms with Crippen molar-refractivity contribution in [3.05, 3.63) is 58.6 Å². The van der Waals surface area contributed by atoms with E-state index in [2.05, 4.69) is 5.32 Å². The van der Waals surface area contributed by atoms with E-state index in [0.29, 0.717) is 12.8 Å². The van der Waals surface area contributed by atoms with Gasteiger partial charge in [-0.1, -0.05) is 11.6 Å². The largest absolute Gasteiger partial charge is 0.448 e. The van der Waals surface area contributed by atoms with Crippen LogP contribution in [0.3, 0.4) is 0 Å². The third kappa shape index (κ3) is 5.41. The summed E-state index contributed by atoms with van der Waals surface area (Å²) < 4.78 is 59.1. The molecular weight excluding hydrogens is 586 g/mol. The molecule has 3 aliphatic rings. The second-order valence-electron chi connectivity index (χ2n) is 10.8. The molecule has 4 N–H and O–H groups in total. The van der Waals surface area contributed by atoms with E-state index in [0.717, 1.165) is 24.3 Å². The normalized spacial score (nSPS) is 27.4. The van der Waals surface area contributed by atoms with Crippen LogP contribution in [0.1, 0.15) is 36.0 Å². The van der Waals surface area contributed by atoms with E-state index in [1.165, 1.54) is 17.0 Å². The fourth-order valence-corrected chi connectivity index (χ4v) is 8.73. The Balaban J connectivity index is 1.33. The van der Waals surface area contributed by atoms with Crippen LogP contribution in [0, 0.1) is 23.5 Å². The van der Waals surface area contributed by atoms with E-state index in [4.69, 9.17) is 16.3 Å². The molecule has 41 heavy (non-hydrogen) atoms. The molecule has 0 radical (unpaired) electrons. The Bertz CT molecular complexity index is 1460. The summed E-state index contributed by atoms with van der Waals surface area (Å²) in [5.74, 6) is -4.33. The van der Waals surface area contributed by atoms with Crippen LogP contribution in [0.25, 0.3) is 0 Å². The standard InChI is InChI=1S/C27H29ClF2N2O8S/c28-19-5-1-14(25(35)31-17-4-6-20(29)21(30)12-17)9-23(19)41(38,39)18-10-15-2-3-16(11-18)27(15,37)24(34)22(33)13-32-7-8-40-26(32)36/h1,4-6,9,12,15-16,18,22,24,33-34,37H,2-3,7-8,10-11,13H2,(H,31,35)/t15?,16?,18-,22?,24?,27-. The predicted octanol–water partition coefficient (Wildman–Crippen LogP) is 2.74. The highest BCUT2D eigenvalue weighted by atomic mass is 35.5. The van der Waals surface area contributed by atoms with Gasteiger partial charge in [0.1, 0.15) is 18.8 Å². The van der Waals surface area contributed by atoms with Crippen LogP contribution >= 0.6 is 11.6 Å². The van der Waals surface area contributed by atoms with Crippen molar-refractivity contribution in [3.63, 3.8) is 0 Å². The number of anilines is 1. The van der Waals surface area contributed by atoms with Crippen LogP contribution in [0.2, 0.25) is 5.02 Å². The molecule has 2 saturated carbocycles. The first-order valence-corrected chi connectivity index (χ1v) is 15.0. The third-order valence-electron chi connectivity index (χ3n) is 8.47. The van der Waals surface area contributed by atoms with Crippen molar-refractivity contribution in [2.24, 2.45) is 11.8 Å².